The molecular formula is C30H33FN2O3. The van der Waals surface area contributed by atoms with Gasteiger partial charge in [0.1, 0.15) is 6.04 Å². The van der Waals surface area contributed by atoms with Gasteiger partial charge in [0.05, 0.1) is 0 Å². The molecule has 0 radical (unpaired) electrons. The third-order valence-electron chi connectivity index (χ3n) is 6.61. The molecule has 1 saturated carbocycles. The molecule has 2 amide bonds. The number of nitrogens with zero attached hydrogens (tertiary/aromatic N) is 1. The van der Waals surface area contributed by atoms with Crippen LogP contribution in [-0.4, -0.2) is 35.4 Å². The quantitative estimate of drug-likeness (QED) is 0.422. The van der Waals surface area contributed by atoms with Crippen molar-refractivity contribution in [3.8, 4) is 5.75 Å². The lowest BCUT2D eigenvalue weighted by molar-refractivity contribution is -0.143. The van der Waals surface area contributed by atoms with Crippen molar-refractivity contribution in [3.05, 3.63) is 102 Å². The number of hydrogen-bond donors (Lipinski definition) is 1. The van der Waals surface area contributed by atoms with Crippen molar-refractivity contribution in [2.75, 3.05) is 6.61 Å². The summed E-state index contributed by atoms with van der Waals surface area (Å²) >= 11 is 0. The van der Waals surface area contributed by atoms with Crippen molar-refractivity contribution < 1.29 is 18.7 Å². The summed E-state index contributed by atoms with van der Waals surface area (Å²) in [7, 11) is 0. The molecule has 1 unspecified atom stereocenters. The molecule has 3 aromatic carbocycles. The Kier molecular flexibility index (Phi) is 9.09. The molecule has 4 rings (SSSR count). The van der Waals surface area contributed by atoms with Gasteiger partial charge in [0, 0.05) is 19.0 Å². The lowest BCUT2D eigenvalue weighted by Crippen LogP contribution is -2.53. The third-order valence-corrected chi connectivity index (χ3v) is 6.61. The summed E-state index contributed by atoms with van der Waals surface area (Å²) in [4.78, 5) is 28.8. The molecule has 1 aliphatic carbocycles. The fraction of sp³-hybridized carbons (Fsp3) is 0.333. The highest BCUT2D eigenvalue weighted by molar-refractivity contribution is 5.88. The van der Waals surface area contributed by atoms with Crippen LogP contribution in [0.15, 0.2) is 84.9 Å². The second-order valence-corrected chi connectivity index (χ2v) is 9.28. The van der Waals surface area contributed by atoms with Gasteiger partial charge in [-0.2, -0.15) is 0 Å². The van der Waals surface area contributed by atoms with E-state index in [0.717, 1.165) is 36.8 Å². The minimum atomic E-state index is -0.730. The second-order valence-electron chi connectivity index (χ2n) is 9.28. The molecule has 1 fully saturated rings. The molecule has 0 spiro atoms. The molecule has 36 heavy (non-hydrogen) atoms. The van der Waals surface area contributed by atoms with Gasteiger partial charge in [0.2, 0.25) is 5.91 Å². The molecule has 1 aliphatic rings. The van der Waals surface area contributed by atoms with E-state index in [0.29, 0.717) is 6.42 Å². The van der Waals surface area contributed by atoms with E-state index in [1.54, 1.807) is 17.0 Å². The van der Waals surface area contributed by atoms with Gasteiger partial charge < -0.3 is 15.0 Å². The average Bonchev–Trinajstić information content (AvgIpc) is 2.91. The number of nitrogens with one attached hydrogen (secondary N) is 1. The maximum absolute atomic E-state index is 14.1. The standard InChI is InChI=1S/C30H33FN2O3/c31-26-18-10-11-19-28(26)36-22-29(34)33(21-24-14-6-2-7-15-24)27(20-23-12-4-1-5-13-23)30(35)32-25-16-8-3-9-17-25/h1-2,4-7,10-15,18-19,25,27H,3,8-9,16-17,20-22H2,(H,32,35). The van der Waals surface area contributed by atoms with Crippen molar-refractivity contribution >= 4 is 11.8 Å². The van der Waals surface area contributed by atoms with E-state index < -0.39 is 11.9 Å². The topological polar surface area (TPSA) is 58.6 Å². The summed E-state index contributed by atoms with van der Waals surface area (Å²) < 4.78 is 19.7. The van der Waals surface area contributed by atoms with Crippen LogP contribution >= 0.6 is 0 Å². The Morgan fingerprint density at radius 2 is 1.47 bits per heavy atom. The van der Waals surface area contributed by atoms with Crippen molar-refractivity contribution in [1.29, 1.82) is 0 Å². The van der Waals surface area contributed by atoms with E-state index in [4.69, 9.17) is 4.74 Å². The van der Waals surface area contributed by atoms with Gasteiger partial charge >= 0.3 is 0 Å². The first-order chi connectivity index (χ1) is 17.6. The first kappa shape index (κ1) is 25.4. The van der Waals surface area contributed by atoms with E-state index in [9.17, 15) is 14.0 Å². The minimum absolute atomic E-state index is 0.0109. The molecule has 0 aromatic heterocycles. The molecule has 0 saturated heterocycles. The predicted octanol–water partition coefficient (Wildman–Crippen LogP) is 5.29. The van der Waals surface area contributed by atoms with Gasteiger partial charge in [-0.1, -0.05) is 92.1 Å². The molecule has 5 nitrogen and oxygen atoms in total. The van der Waals surface area contributed by atoms with Crippen LogP contribution in [-0.2, 0) is 22.6 Å². The number of ether oxygens (including phenoxy) is 1. The summed E-state index contributed by atoms with van der Waals surface area (Å²) in [6.45, 7) is -0.119. The lowest BCUT2D eigenvalue weighted by Gasteiger charge is -2.33. The molecule has 6 heteroatoms. The highest BCUT2D eigenvalue weighted by atomic mass is 19.1. The fourth-order valence-electron chi connectivity index (χ4n) is 4.66. The Balaban J connectivity index is 1.59. The monoisotopic (exact) mass is 488 g/mol. The highest BCUT2D eigenvalue weighted by Crippen LogP contribution is 2.21. The number of carbonyl (C=O) groups excluding carboxylic acids is 2. The summed E-state index contributed by atoms with van der Waals surface area (Å²) in [5.74, 6) is -1.06. The van der Waals surface area contributed by atoms with Gasteiger partial charge in [-0.25, -0.2) is 4.39 Å². The number of rotatable bonds is 10. The third kappa shape index (κ3) is 7.17. The number of hydrogen-bond acceptors (Lipinski definition) is 3. The summed E-state index contributed by atoms with van der Waals surface area (Å²) in [5, 5.41) is 3.21. The molecule has 1 N–H and O–H groups in total. The molecular weight excluding hydrogens is 455 g/mol. The van der Waals surface area contributed by atoms with Crippen LogP contribution in [0, 0.1) is 5.82 Å². The van der Waals surface area contributed by atoms with Crippen molar-refractivity contribution in [3.63, 3.8) is 0 Å². The zero-order chi connectivity index (χ0) is 25.2. The van der Waals surface area contributed by atoms with Crippen molar-refractivity contribution in [1.82, 2.24) is 10.2 Å². The molecule has 0 bridgehead atoms. The SMILES string of the molecule is O=C(NC1CCCCC1)C(Cc1ccccc1)N(Cc1ccccc1)C(=O)COc1ccccc1F. The maximum atomic E-state index is 14.1. The van der Waals surface area contributed by atoms with Gasteiger partial charge in [0.25, 0.3) is 5.91 Å². The smallest absolute Gasteiger partial charge is 0.261 e. The van der Waals surface area contributed by atoms with E-state index in [-0.39, 0.29) is 36.8 Å². The van der Waals surface area contributed by atoms with Crippen LogP contribution in [0.5, 0.6) is 5.75 Å². The Hall–Kier alpha value is -3.67. The van der Waals surface area contributed by atoms with E-state index >= 15 is 0 Å². The minimum Gasteiger partial charge on any atom is -0.481 e. The van der Waals surface area contributed by atoms with Gasteiger partial charge in [-0.05, 0) is 36.1 Å². The van der Waals surface area contributed by atoms with E-state index in [1.165, 1.54) is 18.6 Å². The van der Waals surface area contributed by atoms with Gasteiger partial charge in [-0.3, -0.25) is 9.59 Å². The number of halogens is 1. The number of benzene rings is 3. The Bertz CT molecular complexity index is 1120. The summed E-state index contributed by atoms with van der Waals surface area (Å²) in [5.41, 5.74) is 1.86. The van der Waals surface area contributed by atoms with Crippen LogP contribution < -0.4 is 10.1 Å². The zero-order valence-electron chi connectivity index (χ0n) is 20.4. The zero-order valence-corrected chi connectivity index (χ0v) is 20.4. The maximum Gasteiger partial charge on any atom is 0.261 e. The van der Waals surface area contributed by atoms with Gasteiger partial charge in [-0.15, -0.1) is 0 Å². The normalized spacial score (nSPS) is 14.6. The first-order valence-electron chi connectivity index (χ1n) is 12.6. The summed E-state index contributed by atoms with van der Waals surface area (Å²) in [6, 6.07) is 24.7. The molecule has 0 aliphatic heterocycles. The van der Waals surface area contributed by atoms with Gasteiger partial charge in [0.15, 0.2) is 18.2 Å². The van der Waals surface area contributed by atoms with Crippen LogP contribution in [0.1, 0.15) is 43.2 Å². The molecule has 3 aromatic rings. The van der Waals surface area contributed by atoms with E-state index in [1.807, 2.05) is 60.7 Å². The number of amides is 2. The van der Waals surface area contributed by atoms with E-state index in [2.05, 4.69) is 5.32 Å². The molecule has 188 valence electrons. The molecule has 0 heterocycles. The summed E-state index contributed by atoms with van der Waals surface area (Å²) in [6.07, 6.45) is 5.65. The van der Waals surface area contributed by atoms with Crippen LogP contribution in [0.3, 0.4) is 0 Å². The molecule has 1 atom stereocenters. The second kappa shape index (κ2) is 12.9. The average molecular weight is 489 g/mol. The van der Waals surface area contributed by atoms with Crippen LogP contribution in [0.25, 0.3) is 0 Å². The number of carbonyl (C=O) groups is 2. The van der Waals surface area contributed by atoms with Crippen molar-refractivity contribution in [2.24, 2.45) is 0 Å². The highest BCUT2D eigenvalue weighted by Gasteiger charge is 2.32. The largest absolute Gasteiger partial charge is 0.481 e. The lowest BCUT2D eigenvalue weighted by atomic mass is 9.94. The Labute approximate surface area is 212 Å². The Morgan fingerprint density at radius 1 is 0.861 bits per heavy atom. The van der Waals surface area contributed by atoms with Crippen molar-refractivity contribution in [2.45, 2.75) is 57.2 Å². The first-order valence-corrected chi connectivity index (χ1v) is 12.6. The fourth-order valence-corrected chi connectivity index (χ4v) is 4.66. The van der Waals surface area contributed by atoms with Crippen LogP contribution in [0.2, 0.25) is 0 Å². The Morgan fingerprint density at radius 3 is 2.14 bits per heavy atom. The van der Waals surface area contributed by atoms with Crippen LogP contribution in [0.4, 0.5) is 4.39 Å². The predicted molar refractivity (Wildman–Crippen MR) is 138 cm³/mol. The number of para-hydroxylation sites is 1.